The molecule has 12 heteroatoms. The number of aryl methyl sites for hydroxylation is 1. The van der Waals surface area contributed by atoms with Gasteiger partial charge in [-0.25, -0.2) is 9.59 Å². The number of nitrogens with one attached hydrogen (secondary N) is 4. The van der Waals surface area contributed by atoms with Crippen LogP contribution in [0, 0.1) is 0 Å². The smallest absolute Gasteiger partial charge is 0.330 e. The second-order valence-corrected chi connectivity index (χ2v) is 10.8. The van der Waals surface area contributed by atoms with Crippen LogP contribution in [0.2, 0.25) is 15.1 Å². The van der Waals surface area contributed by atoms with Crippen LogP contribution in [0.3, 0.4) is 0 Å². The van der Waals surface area contributed by atoms with Crippen LogP contribution >= 0.6 is 34.8 Å². The lowest BCUT2D eigenvalue weighted by molar-refractivity contribution is -0.145. The first-order chi connectivity index (χ1) is 20.2. The molecule has 4 rings (SSSR count). The van der Waals surface area contributed by atoms with Gasteiger partial charge in [0.05, 0.1) is 34.8 Å². The first-order valence-corrected chi connectivity index (χ1v) is 14.4. The summed E-state index contributed by atoms with van der Waals surface area (Å²) in [6.45, 7) is 1.66. The maximum absolute atomic E-state index is 13.2. The quantitative estimate of drug-likeness (QED) is 0.228. The Morgan fingerprint density at radius 2 is 1.67 bits per heavy atom. The standard InChI is InChI=1S/C30H29Cl3N4O5/c1-2-42-29(40)25(16-35-30(41)37-24-11-10-18-7-3-4-9-21(18)24)36-28(39)26-22(32)13-19(14-23(26)33)27(38)34-15-17-6-5-8-20(31)12-17/h3-9,12-14,24-25H,2,10-11,15-16H2,1H3,(H,34,38)(H,36,39)(H2,35,37,41)/t24?,25-/m0/s1. The fourth-order valence-corrected chi connectivity index (χ4v) is 5.50. The number of benzene rings is 3. The Morgan fingerprint density at radius 3 is 2.38 bits per heavy atom. The molecule has 42 heavy (non-hydrogen) atoms. The van der Waals surface area contributed by atoms with Gasteiger partial charge in [0.25, 0.3) is 11.8 Å². The predicted molar refractivity (Wildman–Crippen MR) is 161 cm³/mol. The van der Waals surface area contributed by atoms with Crippen molar-refractivity contribution >= 4 is 58.6 Å². The maximum atomic E-state index is 13.2. The van der Waals surface area contributed by atoms with Crippen molar-refractivity contribution in [1.29, 1.82) is 0 Å². The lowest BCUT2D eigenvalue weighted by Crippen LogP contribution is -2.51. The third-order valence-electron chi connectivity index (χ3n) is 6.65. The highest BCUT2D eigenvalue weighted by Crippen LogP contribution is 2.30. The first-order valence-electron chi connectivity index (χ1n) is 13.3. The molecule has 0 aliphatic heterocycles. The van der Waals surface area contributed by atoms with Crippen molar-refractivity contribution in [2.24, 2.45) is 0 Å². The molecule has 0 saturated carbocycles. The summed E-state index contributed by atoms with van der Waals surface area (Å²) in [4.78, 5) is 51.1. The van der Waals surface area contributed by atoms with Gasteiger partial charge in [-0.1, -0.05) is 71.2 Å². The number of rotatable bonds is 10. The number of hydrogen-bond acceptors (Lipinski definition) is 5. The van der Waals surface area contributed by atoms with E-state index < -0.39 is 29.9 Å². The Labute approximate surface area is 258 Å². The van der Waals surface area contributed by atoms with Gasteiger partial charge >= 0.3 is 12.0 Å². The Kier molecular flexibility index (Phi) is 10.7. The summed E-state index contributed by atoms with van der Waals surface area (Å²) in [7, 11) is 0. The molecule has 0 saturated heterocycles. The van der Waals surface area contributed by atoms with Crippen molar-refractivity contribution in [3.8, 4) is 0 Å². The second kappa shape index (κ2) is 14.4. The van der Waals surface area contributed by atoms with Crippen molar-refractivity contribution < 1.29 is 23.9 Å². The van der Waals surface area contributed by atoms with Gasteiger partial charge in [0.2, 0.25) is 0 Å². The van der Waals surface area contributed by atoms with E-state index in [1.807, 2.05) is 30.3 Å². The molecule has 1 unspecified atom stereocenters. The van der Waals surface area contributed by atoms with E-state index in [-0.39, 0.29) is 46.9 Å². The molecule has 3 aromatic carbocycles. The van der Waals surface area contributed by atoms with Crippen molar-refractivity contribution in [2.75, 3.05) is 13.2 Å². The Hall–Kier alpha value is -3.79. The van der Waals surface area contributed by atoms with E-state index in [0.29, 0.717) is 5.02 Å². The van der Waals surface area contributed by atoms with Crippen LogP contribution in [0.4, 0.5) is 4.79 Å². The number of halogens is 3. The minimum Gasteiger partial charge on any atom is -0.464 e. The summed E-state index contributed by atoms with van der Waals surface area (Å²) in [6, 6.07) is 15.6. The largest absolute Gasteiger partial charge is 0.464 e. The van der Waals surface area contributed by atoms with Crippen LogP contribution in [0.1, 0.15) is 56.8 Å². The zero-order valence-corrected chi connectivity index (χ0v) is 24.9. The molecule has 0 radical (unpaired) electrons. The van der Waals surface area contributed by atoms with Crippen molar-refractivity contribution in [2.45, 2.75) is 38.4 Å². The van der Waals surface area contributed by atoms with E-state index in [1.165, 1.54) is 17.7 Å². The number of ether oxygens (including phenoxy) is 1. The summed E-state index contributed by atoms with van der Waals surface area (Å²) < 4.78 is 5.08. The molecular weight excluding hydrogens is 603 g/mol. The minimum absolute atomic E-state index is 0.0662. The second-order valence-electron chi connectivity index (χ2n) is 9.55. The average Bonchev–Trinajstić information content (AvgIpc) is 3.36. The molecule has 220 valence electrons. The number of fused-ring (bicyclic) bond motifs is 1. The normalized spacial score (nSPS) is 14.3. The fourth-order valence-electron chi connectivity index (χ4n) is 4.63. The molecule has 4 amide bonds. The van der Waals surface area contributed by atoms with Gasteiger partial charge in [-0.2, -0.15) is 0 Å². The molecule has 1 aliphatic rings. The van der Waals surface area contributed by atoms with E-state index in [9.17, 15) is 19.2 Å². The van der Waals surface area contributed by atoms with Crippen LogP contribution in [-0.2, 0) is 22.5 Å². The molecule has 9 nitrogen and oxygen atoms in total. The van der Waals surface area contributed by atoms with Crippen LogP contribution in [0.5, 0.6) is 0 Å². The van der Waals surface area contributed by atoms with E-state index in [4.69, 9.17) is 39.5 Å². The van der Waals surface area contributed by atoms with E-state index >= 15 is 0 Å². The lowest BCUT2D eigenvalue weighted by atomic mass is 10.1. The molecular formula is C30H29Cl3N4O5. The Balaban J connectivity index is 1.39. The third kappa shape index (κ3) is 7.94. The topological polar surface area (TPSA) is 126 Å². The van der Waals surface area contributed by atoms with Crippen molar-refractivity contribution in [1.82, 2.24) is 21.3 Å². The van der Waals surface area contributed by atoms with E-state index in [1.54, 1.807) is 25.1 Å². The van der Waals surface area contributed by atoms with Gasteiger partial charge in [-0.15, -0.1) is 0 Å². The highest BCUT2D eigenvalue weighted by molar-refractivity contribution is 6.40. The molecule has 0 heterocycles. The average molecular weight is 632 g/mol. The summed E-state index contributed by atoms with van der Waals surface area (Å²) in [5, 5.41) is 11.1. The maximum Gasteiger partial charge on any atom is 0.330 e. The number of esters is 1. The highest BCUT2D eigenvalue weighted by Gasteiger charge is 2.28. The zero-order valence-electron chi connectivity index (χ0n) is 22.6. The molecule has 2 atom stereocenters. The van der Waals surface area contributed by atoms with Crippen LogP contribution in [-0.4, -0.2) is 43.0 Å². The van der Waals surface area contributed by atoms with Gasteiger partial charge in [0, 0.05) is 17.1 Å². The van der Waals surface area contributed by atoms with E-state index in [0.717, 1.165) is 24.0 Å². The summed E-state index contributed by atoms with van der Waals surface area (Å²) in [6.07, 6.45) is 1.61. The summed E-state index contributed by atoms with van der Waals surface area (Å²) >= 11 is 18.7. The molecule has 3 aromatic rings. The predicted octanol–water partition coefficient (Wildman–Crippen LogP) is 5.23. The molecule has 0 fully saturated rings. The Morgan fingerprint density at radius 1 is 0.929 bits per heavy atom. The van der Waals surface area contributed by atoms with E-state index in [2.05, 4.69) is 21.3 Å². The molecule has 0 bridgehead atoms. The van der Waals surface area contributed by atoms with Crippen molar-refractivity contribution in [3.05, 3.63) is 104 Å². The van der Waals surface area contributed by atoms with Crippen molar-refractivity contribution in [3.63, 3.8) is 0 Å². The van der Waals surface area contributed by atoms with Gasteiger partial charge in [-0.3, -0.25) is 9.59 Å². The molecule has 0 aromatic heterocycles. The van der Waals surface area contributed by atoms with Gasteiger partial charge in [0.1, 0.15) is 6.04 Å². The first kappa shape index (κ1) is 31.2. The molecule has 4 N–H and O–H groups in total. The molecule has 0 spiro atoms. The van der Waals surface area contributed by atoms with Crippen LogP contribution in [0.25, 0.3) is 0 Å². The van der Waals surface area contributed by atoms with Gasteiger partial charge in [0.15, 0.2) is 0 Å². The lowest BCUT2D eigenvalue weighted by Gasteiger charge is -2.20. The Bertz CT molecular complexity index is 1480. The number of carbonyl (C=O) groups excluding carboxylic acids is 4. The summed E-state index contributed by atoms with van der Waals surface area (Å²) in [5.41, 5.74) is 3.03. The third-order valence-corrected chi connectivity index (χ3v) is 7.49. The van der Waals surface area contributed by atoms with Gasteiger partial charge < -0.3 is 26.0 Å². The number of carbonyl (C=O) groups is 4. The fraction of sp³-hybridized carbons (Fsp3) is 0.267. The SMILES string of the molecule is CCOC(=O)[C@H](CNC(=O)NC1CCc2ccccc21)NC(=O)c1c(Cl)cc(C(=O)NCc2cccc(Cl)c2)cc1Cl. The molecule has 1 aliphatic carbocycles. The van der Waals surface area contributed by atoms with Gasteiger partial charge in [-0.05, 0) is 60.7 Å². The summed E-state index contributed by atoms with van der Waals surface area (Å²) in [5.74, 6) is -1.99. The van der Waals surface area contributed by atoms with Crippen LogP contribution in [0.15, 0.2) is 60.7 Å². The number of hydrogen-bond donors (Lipinski definition) is 4. The number of urea groups is 1. The minimum atomic E-state index is -1.23. The highest BCUT2D eigenvalue weighted by atomic mass is 35.5. The zero-order chi connectivity index (χ0) is 30.2. The van der Waals surface area contributed by atoms with Crippen LogP contribution < -0.4 is 21.3 Å². The monoisotopic (exact) mass is 630 g/mol. The number of amides is 4.